The second-order valence-corrected chi connectivity index (χ2v) is 14.5. The van der Waals surface area contributed by atoms with Gasteiger partial charge in [-0.1, -0.05) is 89.8 Å². The van der Waals surface area contributed by atoms with Gasteiger partial charge in [-0.2, -0.15) is 0 Å². The average Bonchev–Trinajstić information content (AvgIpc) is 3.40. The van der Waals surface area contributed by atoms with Gasteiger partial charge in [0.05, 0.1) is 12.1 Å². The number of nitrogens with one attached hydrogen (secondary N) is 1. The van der Waals surface area contributed by atoms with E-state index in [9.17, 15) is 18.8 Å². The number of rotatable bonds is 9. The van der Waals surface area contributed by atoms with Crippen molar-refractivity contribution in [2.75, 3.05) is 14.1 Å². The zero-order valence-corrected chi connectivity index (χ0v) is 35.9. The van der Waals surface area contributed by atoms with Crippen molar-refractivity contribution < 1.29 is 23.9 Å². The SMILES string of the molecule is C/C=C(\C)C(=O)C1C[C@@]2(C)[C@@H]([C@H]1C=O)C2(C)C.C/C=C1\C(=NC)C=CC(C)=C1c1cc(F)c(C)c(C(CC(=O)O)NC)c1.C/C=C\C.C=CC(=C)C.CC. The lowest BCUT2D eigenvalue weighted by Gasteiger charge is -2.23. The van der Waals surface area contributed by atoms with E-state index >= 15 is 0 Å². The number of aliphatic imine (C=N–C) groups is 1. The number of hydrogen-bond acceptors (Lipinski definition) is 5. The van der Waals surface area contributed by atoms with Crippen LogP contribution >= 0.6 is 0 Å². The largest absolute Gasteiger partial charge is 0.481 e. The molecule has 54 heavy (non-hydrogen) atoms. The van der Waals surface area contributed by atoms with Crippen molar-refractivity contribution in [2.24, 2.45) is 33.6 Å². The molecule has 0 spiro atoms. The molecule has 0 amide bonds. The van der Waals surface area contributed by atoms with Gasteiger partial charge in [-0.05, 0) is 137 Å². The van der Waals surface area contributed by atoms with Gasteiger partial charge in [0.2, 0.25) is 0 Å². The molecule has 0 aliphatic heterocycles. The van der Waals surface area contributed by atoms with E-state index in [1.165, 1.54) is 6.07 Å². The number of Topliss-reactive ketones (excluding diaryl/α,β-unsaturated/α-hetero) is 1. The third-order valence-corrected chi connectivity index (χ3v) is 11.1. The van der Waals surface area contributed by atoms with Crippen LogP contribution in [0.4, 0.5) is 4.39 Å². The fourth-order valence-electron chi connectivity index (χ4n) is 7.45. The Morgan fingerprint density at radius 2 is 1.63 bits per heavy atom. The van der Waals surface area contributed by atoms with Crippen molar-refractivity contribution >= 4 is 29.3 Å². The first-order chi connectivity index (χ1) is 25.3. The molecule has 2 unspecified atom stereocenters. The van der Waals surface area contributed by atoms with Crippen LogP contribution in [-0.4, -0.2) is 43.0 Å². The highest BCUT2D eigenvalue weighted by molar-refractivity contribution is 6.21. The summed E-state index contributed by atoms with van der Waals surface area (Å²) in [7, 11) is 3.41. The lowest BCUT2D eigenvalue weighted by atomic mass is 9.79. The van der Waals surface area contributed by atoms with Gasteiger partial charge in [0.1, 0.15) is 12.1 Å². The minimum atomic E-state index is -0.930. The first kappa shape index (κ1) is 49.8. The maximum atomic E-state index is 14.7. The van der Waals surface area contributed by atoms with E-state index in [1.807, 2.05) is 105 Å². The number of carbonyl (C=O) groups excluding carboxylic acids is 2. The van der Waals surface area contributed by atoms with Crippen molar-refractivity contribution in [3.63, 3.8) is 0 Å². The highest BCUT2D eigenvalue weighted by Gasteiger charge is 2.76. The number of carboxylic acids is 1. The Morgan fingerprint density at radius 3 is 2.04 bits per heavy atom. The van der Waals surface area contributed by atoms with Gasteiger partial charge in [0.15, 0.2) is 5.78 Å². The molecule has 1 aromatic carbocycles. The molecule has 3 aliphatic carbocycles. The number of ketones is 1. The smallest absolute Gasteiger partial charge is 0.305 e. The standard InChI is InChI=1S/C21H25FN2O2.C15H22O2.C5H8.C4H8.C2H6/c1-6-15-18(23-4)8-7-12(2)21(15)14-9-16(13(3)17(22)10-14)19(24-5)11-20(25)26;1-6-9(2)12(17)10-7-15(5)13(11(10)8-16)14(15,3)4;1-4-5(2)3;1-3-4-2;1-2/h6-10,19,24H,11H2,1-5H3,(H,25,26);6,8,10-11,13H,7H2,1-5H3;4H,1-2H2,3H3;3-4H,1-2H3;1-2H3/b15-6+,23-18?;9-6+;;4-3-;/t;10?,11-,13-,15-;;;/m.0.../s1. The Hall–Kier alpha value is -4.23. The zero-order chi connectivity index (χ0) is 42.1. The molecule has 6 nitrogen and oxygen atoms in total. The molecule has 2 fully saturated rings. The maximum Gasteiger partial charge on any atom is 0.305 e. The van der Waals surface area contributed by atoms with Gasteiger partial charge in [0.25, 0.3) is 0 Å². The van der Waals surface area contributed by atoms with E-state index in [0.717, 1.165) is 51.8 Å². The molecule has 3 aliphatic rings. The summed E-state index contributed by atoms with van der Waals surface area (Å²) in [6.07, 6.45) is 15.2. The van der Waals surface area contributed by atoms with Crippen LogP contribution in [0.2, 0.25) is 0 Å². The molecule has 2 saturated carbocycles. The molecular weight excluding hydrogens is 676 g/mol. The van der Waals surface area contributed by atoms with Crippen LogP contribution in [0.5, 0.6) is 0 Å². The number of nitrogens with zero attached hydrogens (tertiary/aromatic N) is 1. The molecule has 0 heterocycles. The van der Waals surface area contributed by atoms with Crippen LogP contribution < -0.4 is 5.32 Å². The van der Waals surface area contributed by atoms with Crippen molar-refractivity contribution in [3.05, 3.63) is 113 Å². The van der Waals surface area contributed by atoms with E-state index in [4.69, 9.17) is 5.11 Å². The van der Waals surface area contributed by atoms with Gasteiger partial charge in [0, 0.05) is 30.5 Å². The normalized spacial score (nSPS) is 24.0. The Balaban J connectivity index is 0.000000854. The molecule has 1 aromatic rings. The molecular formula is C47H69FN2O4. The number of aliphatic carboxylic acids is 1. The number of carbonyl (C=O) groups is 3. The van der Waals surface area contributed by atoms with E-state index in [2.05, 4.69) is 44.2 Å². The molecule has 298 valence electrons. The van der Waals surface area contributed by atoms with Gasteiger partial charge in [-0.3, -0.25) is 14.6 Å². The minimum Gasteiger partial charge on any atom is -0.481 e. The summed E-state index contributed by atoms with van der Waals surface area (Å²) in [4.78, 5) is 39.1. The highest BCUT2D eigenvalue weighted by Crippen LogP contribution is 2.79. The Morgan fingerprint density at radius 1 is 1.07 bits per heavy atom. The van der Waals surface area contributed by atoms with Crippen molar-refractivity contribution in [1.82, 2.24) is 5.32 Å². The number of allylic oxidation sites excluding steroid dienone is 12. The topological polar surface area (TPSA) is 95.8 Å². The summed E-state index contributed by atoms with van der Waals surface area (Å²) in [6, 6.07) is 2.94. The van der Waals surface area contributed by atoms with Crippen LogP contribution in [0.3, 0.4) is 0 Å². The third-order valence-electron chi connectivity index (χ3n) is 11.1. The van der Waals surface area contributed by atoms with Gasteiger partial charge in [-0.15, -0.1) is 0 Å². The monoisotopic (exact) mass is 745 g/mol. The number of aldehydes is 1. The third kappa shape index (κ3) is 11.9. The van der Waals surface area contributed by atoms with Crippen LogP contribution in [0, 0.1) is 41.3 Å². The summed E-state index contributed by atoms with van der Waals surface area (Å²) < 4.78 is 14.7. The summed E-state index contributed by atoms with van der Waals surface area (Å²) >= 11 is 0. The van der Waals surface area contributed by atoms with E-state index in [0.29, 0.717) is 17.0 Å². The quantitative estimate of drug-likeness (QED) is 0.114. The van der Waals surface area contributed by atoms with Crippen LogP contribution in [0.25, 0.3) is 5.57 Å². The molecule has 0 aromatic heterocycles. The summed E-state index contributed by atoms with van der Waals surface area (Å²) in [5, 5.41) is 12.2. The molecule has 4 rings (SSSR count). The van der Waals surface area contributed by atoms with E-state index in [-0.39, 0.29) is 40.7 Å². The predicted octanol–water partition coefficient (Wildman–Crippen LogP) is 11.6. The number of carboxylic acid groups (broad SMARTS) is 1. The van der Waals surface area contributed by atoms with Crippen molar-refractivity contribution in [1.29, 1.82) is 0 Å². The Kier molecular flexibility index (Phi) is 21.1. The van der Waals surface area contributed by atoms with Gasteiger partial charge >= 0.3 is 5.97 Å². The lowest BCUT2D eigenvalue weighted by Crippen LogP contribution is -2.27. The fraction of sp³-hybridized carbons (Fsp3) is 0.489. The fourth-order valence-corrected chi connectivity index (χ4v) is 7.45. The molecule has 0 bridgehead atoms. The van der Waals surface area contributed by atoms with Gasteiger partial charge in [-0.25, -0.2) is 4.39 Å². The first-order valence-corrected chi connectivity index (χ1v) is 19.0. The summed E-state index contributed by atoms with van der Waals surface area (Å²) in [5.41, 5.74) is 7.79. The van der Waals surface area contributed by atoms with Crippen LogP contribution in [0.1, 0.15) is 119 Å². The minimum absolute atomic E-state index is 0.0719. The maximum absolute atomic E-state index is 14.7. The molecule has 5 atom stereocenters. The molecule has 7 heteroatoms. The number of hydrogen-bond donors (Lipinski definition) is 2. The van der Waals surface area contributed by atoms with Gasteiger partial charge < -0.3 is 15.2 Å². The summed E-state index contributed by atoms with van der Waals surface area (Å²) in [5.74, 6) is -0.854. The molecule has 0 radical (unpaired) electrons. The Bertz CT molecular complexity index is 1680. The van der Waals surface area contributed by atoms with E-state index < -0.39 is 12.0 Å². The predicted molar refractivity (Wildman–Crippen MR) is 228 cm³/mol. The lowest BCUT2D eigenvalue weighted by molar-refractivity contribution is -0.137. The summed E-state index contributed by atoms with van der Waals surface area (Å²) in [6.45, 7) is 32.9. The second-order valence-electron chi connectivity index (χ2n) is 14.5. The van der Waals surface area contributed by atoms with E-state index in [1.54, 1.807) is 27.1 Å². The van der Waals surface area contributed by atoms with Crippen LogP contribution in [-0.2, 0) is 14.4 Å². The number of fused-ring (bicyclic) bond motifs is 1. The average molecular weight is 745 g/mol. The van der Waals surface area contributed by atoms with Crippen molar-refractivity contribution in [3.8, 4) is 0 Å². The second kappa shape index (κ2) is 22.9. The first-order valence-electron chi connectivity index (χ1n) is 19.0. The number of halogens is 1. The van der Waals surface area contributed by atoms with Crippen LogP contribution in [0.15, 0.2) is 95.1 Å². The number of benzene rings is 1. The highest BCUT2D eigenvalue weighted by atomic mass is 19.1. The Labute approximate surface area is 326 Å². The molecule has 2 N–H and O–H groups in total. The van der Waals surface area contributed by atoms with Crippen molar-refractivity contribution in [2.45, 2.75) is 109 Å². The zero-order valence-electron chi connectivity index (χ0n) is 35.9. The molecule has 0 saturated heterocycles.